The molecule has 0 amide bonds. The lowest BCUT2D eigenvalue weighted by Crippen LogP contribution is -2.27. The Kier molecular flexibility index (Phi) is 5.29. The molecule has 0 bridgehead atoms. The number of aliphatic hydroxyl groups excluding tert-OH is 1. The molecule has 0 aliphatic heterocycles. The molecule has 3 nitrogen and oxygen atoms in total. The Labute approximate surface area is 113 Å². The quantitative estimate of drug-likeness (QED) is 0.834. The Bertz CT molecular complexity index is 349. The lowest BCUT2D eigenvalue weighted by Gasteiger charge is -2.16. The van der Waals surface area contributed by atoms with Gasteiger partial charge >= 0.3 is 0 Å². The van der Waals surface area contributed by atoms with E-state index >= 15 is 0 Å². The fourth-order valence-electron chi connectivity index (χ4n) is 2.16. The molecule has 1 aliphatic carbocycles. The molecule has 2 N–H and O–H groups in total. The van der Waals surface area contributed by atoms with Crippen LogP contribution in [0.5, 0.6) is 0 Å². The third kappa shape index (κ3) is 4.48. The second kappa shape index (κ2) is 6.98. The highest BCUT2D eigenvalue weighted by Gasteiger charge is 2.16. The zero-order chi connectivity index (χ0) is 12.8. The van der Waals surface area contributed by atoms with Crippen molar-refractivity contribution >= 4 is 17.3 Å². The molecule has 1 unspecified atom stereocenters. The van der Waals surface area contributed by atoms with E-state index in [1.807, 2.05) is 24.3 Å². The molecule has 2 rings (SSSR count). The predicted molar refractivity (Wildman–Crippen MR) is 74.2 cm³/mol. The van der Waals surface area contributed by atoms with Crippen LogP contribution in [-0.4, -0.2) is 30.5 Å². The molecule has 0 spiro atoms. The number of nitrogens with one attached hydrogen (secondary N) is 1. The normalized spacial score (nSPS) is 17.9. The second-order valence-corrected chi connectivity index (χ2v) is 5.22. The minimum atomic E-state index is -0.471. The van der Waals surface area contributed by atoms with Crippen molar-refractivity contribution in [3.8, 4) is 0 Å². The van der Waals surface area contributed by atoms with Gasteiger partial charge in [-0.15, -0.1) is 0 Å². The molecule has 0 aromatic heterocycles. The summed E-state index contributed by atoms with van der Waals surface area (Å²) in [6.45, 7) is 0.902. The number of ether oxygens (including phenoxy) is 1. The van der Waals surface area contributed by atoms with E-state index in [9.17, 15) is 5.11 Å². The minimum absolute atomic E-state index is 0.357. The first-order chi connectivity index (χ1) is 8.74. The summed E-state index contributed by atoms with van der Waals surface area (Å²) >= 11 is 5.80. The highest BCUT2D eigenvalue weighted by Crippen LogP contribution is 2.21. The Balaban J connectivity index is 1.64. The van der Waals surface area contributed by atoms with Gasteiger partial charge in [0.1, 0.15) is 0 Å². The largest absolute Gasteiger partial charge is 0.389 e. The zero-order valence-electron chi connectivity index (χ0n) is 10.4. The maximum absolute atomic E-state index is 9.81. The molecular formula is C14H20ClNO2. The summed E-state index contributed by atoms with van der Waals surface area (Å²) in [4.78, 5) is 0. The van der Waals surface area contributed by atoms with E-state index in [1.54, 1.807) is 0 Å². The number of anilines is 1. The van der Waals surface area contributed by atoms with E-state index in [1.165, 1.54) is 12.8 Å². The van der Waals surface area contributed by atoms with Crippen LogP contribution < -0.4 is 5.32 Å². The van der Waals surface area contributed by atoms with Crippen LogP contribution in [0.1, 0.15) is 25.7 Å². The van der Waals surface area contributed by atoms with Crippen molar-refractivity contribution < 1.29 is 9.84 Å². The molecule has 18 heavy (non-hydrogen) atoms. The van der Waals surface area contributed by atoms with Crippen LogP contribution in [0, 0.1) is 0 Å². The summed E-state index contributed by atoms with van der Waals surface area (Å²) in [5.41, 5.74) is 0.958. The van der Waals surface area contributed by atoms with Gasteiger partial charge in [0.15, 0.2) is 0 Å². The first-order valence-corrected chi connectivity index (χ1v) is 6.91. The van der Waals surface area contributed by atoms with Crippen molar-refractivity contribution in [3.63, 3.8) is 0 Å². The van der Waals surface area contributed by atoms with Gasteiger partial charge in [0, 0.05) is 17.3 Å². The minimum Gasteiger partial charge on any atom is -0.389 e. The number of benzene rings is 1. The average Bonchev–Trinajstić information content (AvgIpc) is 2.89. The Morgan fingerprint density at radius 1 is 1.28 bits per heavy atom. The third-order valence-electron chi connectivity index (χ3n) is 3.21. The molecule has 0 radical (unpaired) electrons. The van der Waals surface area contributed by atoms with Gasteiger partial charge < -0.3 is 15.2 Å². The van der Waals surface area contributed by atoms with E-state index in [2.05, 4.69) is 5.32 Å². The van der Waals surface area contributed by atoms with Gasteiger partial charge in [-0.25, -0.2) is 0 Å². The molecule has 1 fully saturated rings. The van der Waals surface area contributed by atoms with Crippen molar-refractivity contribution in [2.45, 2.75) is 37.9 Å². The predicted octanol–water partition coefficient (Wildman–Crippen LogP) is 3.07. The summed E-state index contributed by atoms with van der Waals surface area (Å²) in [6, 6.07) is 7.44. The first-order valence-electron chi connectivity index (χ1n) is 6.53. The van der Waals surface area contributed by atoms with Gasteiger partial charge in [0.05, 0.1) is 18.8 Å². The third-order valence-corrected chi connectivity index (χ3v) is 3.46. The van der Waals surface area contributed by atoms with E-state index < -0.39 is 6.10 Å². The molecular weight excluding hydrogens is 250 g/mol. The van der Waals surface area contributed by atoms with Gasteiger partial charge in [-0.05, 0) is 37.1 Å². The van der Waals surface area contributed by atoms with Crippen LogP contribution in [0.25, 0.3) is 0 Å². The number of hydrogen-bond donors (Lipinski definition) is 2. The van der Waals surface area contributed by atoms with Crippen molar-refractivity contribution in [1.82, 2.24) is 0 Å². The Hall–Kier alpha value is -0.770. The number of rotatable bonds is 6. The van der Waals surface area contributed by atoms with E-state index in [0.717, 1.165) is 18.5 Å². The summed E-state index contributed by atoms with van der Waals surface area (Å²) in [6.07, 6.45) is 4.67. The van der Waals surface area contributed by atoms with Crippen molar-refractivity contribution in [1.29, 1.82) is 0 Å². The van der Waals surface area contributed by atoms with Crippen LogP contribution in [-0.2, 0) is 4.74 Å². The van der Waals surface area contributed by atoms with Gasteiger partial charge in [0.25, 0.3) is 0 Å². The molecule has 100 valence electrons. The van der Waals surface area contributed by atoms with Gasteiger partial charge in [-0.1, -0.05) is 24.4 Å². The van der Waals surface area contributed by atoms with Crippen molar-refractivity contribution in [2.75, 3.05) is 18.5 Å². The van der Waals surface area contributed by atoms with Crippen molar-refractivity contribution in [3.05, 3.63) is 29.3 Å². The zero-order valence-corrected chi connectivity index (χ0v) is 11.2. The molecule has 4 heteroatoms. The summed E-state index contributed by atoms with van der Waals surface area (Å²) < 4.78 is 5.66. The number of hydrogen-bond acceptors (Lipinski definition) is 3. The molecule has 1 atom stereocenters. The number of halogens is 1. The maximum Gasteiger partial charge on any atom is 0.0945 e. The molecule has 1 aromatic rings. The van der Waals surface area contributed by atoms with Crippen LogP contribution in [0.3, 0.4) is 0 Å². The fourth-order valence-corrected chi connectivity index (χ4v) is 2.29. The van der Waals surface area contributed by atoms with Crippen LogP contribution in [0.15, 0.2) is 24.3 Å². The summed E-state index contributed by atoms with van der Waals surface area (Å²) in [7, 11) is 0. The lowest BCUT2D eigenvalue weighted by molar-refractivity contribution is -0.00117. The van der Waals surface area contributed by atoms with Gasteiger partial charge in [0.2, 0.25) is 0 Å². The molecule has 1 saturated carbocycles. The monoisotopic (exact) mass is 269 g/mol. The molecule has 1 aromatic carbocycles. The number of aliphatic hydroxyl groups is 1. The summed E-state index contributed by atoms with van der Waals surface area (Å²) in [5.74, 6) is 0. The highest BCUT2D eigenvalue weighted by molar-refractivity contribution is 6.30. The second-order valence-electron chi connectivity index (χ2n) is 4.78. The van der Waals surface area contributed by atoms with Crippen LogP contribution >= 0.6 is 11.6 Å². The topological polar surface area (TPSA) is 41.5 Å². The summed E-state index contributed by atoms with van der Waals surface area (Å²) in [5, 5.41) is 13.7. The van der Waals surface area contributed by atoms with E-state index in [-0.39, 0.29) is 0 Å². The average molecular weight is 270 g/mol. The maximum atomic E-state index is 9.81. The van der Waals surface area contributed by atoms with Crippen LogP contribution in [0.2, 0.25) is 5.02 Å². The Morgan fingerprint density at radius 3 is 2.61 bits per heavy atom. The molecule has 0 heterocycles. The smallest absolute Gasteiger partial charge is 0.0945 e. The van der Waals surface area contributed by atoms with Gasteiger partial charge in [-0.2, -0.15) is 0 Å². The SMILES string of the molecule is OC(CNc1ccc(Cl)cc1)COC1CCCC1. The van der Waals surface area contributed by atoms with Crippen molar-refractivity contribution in [2.24, 2.45) is 0 Å². The lowest BCUT2D eigenvalue weighted by atomic mass is 10.3. The first kappa shape index (κ1) is 13.7. The van der Waals surface area contributed by atoms with Gasteiger partial charge in [-0.3, -0.25) is 0 Å². The molecule has 1 aliphatic rings. The van der Waals surface area contributed by atoms with Crippen LogP contribution in [0.4, 0.5) is 5.69 Å². The van der Waals surface area contributed by atoms with E-state index in [4.69, 9.17) is 16.3 Å². The fraction of sp³-hybridized carbons (Fsp3) is 0.571. The standard InChI is InChI=1S/C14H20ClNO2/c15-11-5-7-12(8-6-11)16-9-13(17)10-18-14-3-1-2-4-14/h5-8,13-14,16-17H,1-4,9-10H2. The highest BCUT2D eigenvalue weighted by atomic mass is 35.5. The Morgan fingerprint density at radius 2 is 1.94 bits per heavy atom. The van der Waals surface area contributed by atoms with E-state index in [0.29, 0.717) is 24.3 Å². The molecule has 0 saturated heterocycles.